The molecule has 0 atom stereocenters. The number of hydrogen-bond donors (Lipinski definition) is 2. The molecule has 2 rings (SSSR count). The average Bonchev–Trinajstić information content (AvgIpc) is 2.72. The monoisotopic (exact) mass is 264 g/mol. The highest BCUT2D eigenvalue weighted by atomic mass is 35.5. The molecule has 0 fully saturated rings. The van der Waals surface area contributed by atoms with E-state index in [1.54, 1.807) is 29.1 Å². The van der Waals surface area contributed by atoms with Crippen molar-refractivity contribution in [2.24, 2.45) is 12.8 Å². The number of amides is 1. The van der Waals surface area contributed by atoms with Crippen molar-refractivity contribution in [3.05, 3.63) is 46.7 Å². The molecule has 0 radical (unpaired) electrons. The summed E-state index contributed by atoms with van der Waals surface area (Å²) in [5.74, 6) is -0.529. The Balaban J connectivity index is 2.06. The van der Waals surface area contributed by atoms with Gasteiger partial charge in [-0.3, -0.25) is 9.48 Å². The predicted molar refractivity (Wildman–Crippen MR) is 70.5 cm³/mol. The Morgan fingerprint density at radius 3 is 2.89 bits per heavy atom. The van der Waals surface area contributed by atoms with E-state index in [4.69, 9.17) is 17.3 Å². The van der Waals surface area contributed by atoms with E-state index in [0.717, 1.165) is 11.3 Å². The summed E-state index contributed by atoms with van der Waals surface area (Å²) in [4.78, 5) is 11.0. The lowest BCUT2D eigenvalue weighted by atomic mass is 10.2. The highest BCUT2D eigenvalue weighted by Gasteiger charge is 2.06. The molecule has 1 aromatic heterocycles. The first-order chi connectivity index (χ1) is 8.56. The molecule has 6 heteroatoms. The zero-order chi connectivity index (χ0) is 13.1. The third kappa shape index (κ3) is 2.81. The number of anilines is 1. The van der Waals surface area contributed by atoms with E-state index in [2.05, 4.69) is 10.4 Å². The van der Waals surface area contributed by atoms with Gasteiger partial charge in [0, 0.05) is 31.0 Å². The van der Waals surface area contributed by atoms with Crippen molar-refractivity contribution < 1.29 is 4.79 Å². The van der Waals surface area contributed by atoms with Crippen LogP contribution in [0.15, 0.2) is 30.6 Å². The molecule has 3 N–H and O–H groups in total. The van der Waals surface area contributed by atoms with Crippen LogP contribution in [-0.2, 0) is 13.6 Å². The van der Waals surface area contributed by atoms with Crippen molar-refractivity contribution in [1.29, 1.82) is 0 Å². The number of rotatable bonds is 4. The normalized spacial score (nSPS) is 10.3. The lowest BCUT2D eigenvalue weighted by molar-refractivity contribution is 0.100. The quantitative estimate of drug-likeness (QED) is 0.884. The largest absolute Gasteiger partial charge is 0.381 e. The molecule has 0 saturated carbocycles. The first-order valence-electron chi connectivity index (χ1n) is 5.37. The molecule has 0 saturated heterocycles. The van der Waals surface area contributed by atoms with Crippen molar-refractivity contribution >= 4 is 23.2 Å². The van der Waals surface area contributed by atoms with Crippen LogP contribution in [0.3, 0.4) is 0 Å². The summed E-state index contributed by atoms with van der Waals surface area (Å²) in [6.07, 6.45) is 3.71. The molecule has 18 heavy (non-hydrogen) atoms. The molecular formula is C12H13ClN4O. The molecule has 0 aliphatic heterocycles. The predicted octanol–water partition coefficient (Wildman–Crippen LogP) is 1.78. The number of carbonyl (C=O) groups is 1. The summed E-state index contributed by atoms with van der Waals surface area (Å²) in [6, 6.07) is 5.05. The Bertz CT molecular complexity index is 579. The molecular weight excluding hydrogens is 252 g/mol. The van der Waals surface area contributed by atoms with Crippen LogP contribution in [0.1, 0.15) is 15.9 Å². The van der Waals surface area contributed by atoms with Gasteiger partial charge in [0.15, 0.2) is 0 Å². The van der Waals surface area contributed by atoms with Crippen LogP contribution in [0.5, 0.6) is 0 Å². The van der Waals surface area contributed by atoms with Gasteiger partial charge in [-0.15, -0.1) is 0 Å². The second-order valence-corrected chi connectivity index (χ2v) is 4.34. The summed E-state index contributed by atoms with van der Waals surface area (Å²) < 4.78 is 1.74. The third-order valence-electron chi connectivity index (χ3n) is 2.49. The van der Waals surface area contributed by atoms with Gasteiger partial charge in [-0.2, -0.15) is 5.10 Å². The topological polar surface area (TPSA) is 72.9 Å². The number of hydrogen-bond acceptors (Lipinski definition) is 3. The lowest BCUT2D eigenvalue weighted by Gasteiger charge is -2.07. The van der Waals surface area contributed by atoms with E-state index in [1.165, 1.54) is 0 Å². The van der Waals surface area contributed by atoms with Gasteiger partial charge in [0.25, 0.3) is 0 Å². The minimum absolute atomic E-state index is 0.323. The van der Waals surface area contributed by atoms with Gasteiger partial charge in [0.2, 0.25) is 5.91 Å². The number of aromatic nitrogens is 2. The van der Waals surface area contributed by atoms with Gasteiger partial charge in [0.1, 0.15) is 0 Å². The molecule has 5 nitrogen and oxygen atoms in total. The Kier molecular flexibility index (Phi) is 3.53. The summed E-state index contributed by atoms with van der Waals surface area (Å²) in [5, 5.41) is 7.61. The van der Waals surface area contributed by atoms with E-state index >= 15 is 0 Å². The van der Waals surface area contributed by atoms with Gasteiger partial charge >= 0.3 is 0 Å². The maximum atomic E-state index is 11.0. The zero-order valence-corrected chi connectivity index (χ0v) is 10.6. The Labute approximate surface area is 110 Å². The Morgan fingerprint density at radius 2 is 2.33 bits per heavy atom. The first-order valence-corrected chi connectivity index (χ1v) is 5.75. The van der Waals surface area contributed by atoms with Crippen molar-refractivity contribution in [3.63, 3.8) is 0 Å². The van der Waals surface area contributed by atoms with Crippen LogP contribution in [0.4, 0.5) is 5.69 Å². The van der Waals surface area contributed by atoms with E-state index in [1.807, 2.05) is 13.2 Å². The SMILES string of the molecule is Cn1cc(CNc2ccc(C(N)=O)c(Cl)c2)cn1. The minimum atomic E-state index is -0.529. The summed E-state index contributed by atoms with van der Waals surface area (Å²) in [6.45, 7) is 0.639. The van der Waals surface area contributed by atoms with Crippen LogP contribution in [0, 0.1) is 0 Å². The average molecular weight is 265 g/mol. The fourth-order valence-electron chi connectivity index (χ4n) is 1.59. The number of aryl methyl sites for hydroxylation is 1. The molecule has 1 aromatic carbocycles. The summed E-state index contributed by atoms with van der Waals surface area (Å²) >= 11 is 5.95. The van der Waals surface area contributed by atoms with Crippen LogP contribution < -0.4 is 11.1 Å². The number of carbonyl (C=O) groups excluding carboxylic acids is 1. The van der Waals surface area contributed by atoms with Crippen molar-refractivity contribution in [1.82, 2.24) is 9.78 Å². The molecule has 0 bridgehead atoms. The second-order valence-electron chi connectivity index (χ2n) is 3.93. The number of benzene rings is 1. The number of halogens is 1. The molecule has 1 amide bonds. The maximum absolute atomic E-state index is 11.0. The minimum Gasteiger partial charge on any atom is -0.381 e. The number of nitrogens with zero attached hydrogens (tertiary/aromatic N) is 2. The lowest BCUT2D eigenvalue weighted by Crippen LogP contribution is -2.11. The Hall–Kier alpha value is -2.01. The first kappa shape index (κ1) is 12.4. The van der Waals surface area contributed by atoms with Crippen LogP contribution in [0.25, 0.3) is 0 Å². The maximum Gasteiger partial charge on any atom is 0.250 e. The Morgan fingerprint density at radius 1 is 1.56 bits per heavy atom. The van der Waals surface area contributed by atoms with Gasteiger partial charge in [-0.05, 0) is 18.2 Å². The smallest absolute Gasteiger partial charge is 0.250 e. The van der Waals surface area contributed by atoms with E-state index in [-0.39, 0.29) is 0 Å². The van der Waals surface area contributed by atoms with Crippen LogP contribution in [0.2, 0.25) is 5.02 Å². The molecule has 0 spiro atoms. The molecule has 94 valence electrons. The number of nitrogens with two attached hydrogens (primary N) is 1. The van der Waals surface area contributed by atoms with Gasteiger partial charge < -0.3 is 11.1 Å². The fraction of sp³-hybridized carbons (Fsp3) is 0.167. The van der Waals surface area contributed by atoms with Crippen molar-refractivity contribution in [2.75, 3.05) is 5.32 Å². The van der Waals surface area contributed by atoms with Crippen molar-refractivity contribution in [2.45, 2.75) is 6.54 Å². The van der Waals surface area contributed by atoms with Crippen LogP contribution in [-0.4, -0.2) is 15.7 Å². The van der Waals surface area contributed by atoms with E-state index in [9.17, 15) is 4.79 Å². The van der Waals surface area contributed by atoms with E-state index in [0.29, 0.717) is 17.1 Å². The van der Waals surface area contributed by atoms with E-state index < -0.39 is 5.91 Å². The standard InChI is InChI=1S/C12H13ClN4O/c1-17-7-8(6-16-17)5-15-9-2-3-10(12(14)18)11(13)4-9/h2-4,6-7,15H,5H2,1H3,(H2,14,18). The highest BCUT2D eigenvalue weighted by molar-refractivity contribution is 6.34. The second kappa shape index (κ2) is 5.10. The third-order valence-corrected chi connectivity index (χ3v) is 2.80. The summed E-state index contributed by atoms with van der Waals surface area (Å²) in [7, 11) is 1.86. The molecule has 0 aliphatic rings. The summed E-state index contributed by atoms with van der Waals surface area (Å²) in [5.41, 5.74) is 7.39. The molecule has 1 heterocycles. The van der Waals surface area contributed by atoms with Gasteiger partial charge in [0.05, 0.1) is 16.8 Å². The van der Waals surface area contributed by atoms with Crippen LogP contribution >= 0.6 is 11.6 Å². The molecule has 0 unspecified atom stereocenters. The zero-order valence-electron chi connectivity index (χ0n) is 9.85. The van der Waals surface area contributed by atoms with Gasteiger partial charge in [-0.25, -0.2) is 0 Å². The fourth-order valence-corrected chi connectivity index (χ4v) is 1.87. The highest BCUT2D eigenvalue weighted by Crippen LogP contribution is 2.21. The molecule has 0 aliphatic carbocycles. The van der Waals surface area contributed by atoms with Crippen molar-refractivity contribution in [3.8, 4) is 0 Å². The molecule has 2 aromatic rings. The number of nitrogens with one attached hydrogen (secondary N) is 1. The number of primary amides is 1. The van der Waals surface area contributed by atoms with Gasteiger partial charge in [-0.1, -0.05) is 11.6 Å².